The third kappa shape index (κ3) is 3.51. The van der Waals surface area contributed by atoms with Crippen LogP contribution in [0.15, 0.2) is 42.5 Å². The summed E-state index contributed by atoms with van der Waals surface area (Å²) in [5, 5.41) is 0. The monoisotopic (exact) mass is 380 g/mol. The number of hydrogen-bond donors (Lipinski definition) is 0. The molecule has 1 amide bonds. The molecular weight excluding hydrogens is 355 g/mol. The molecule has 0 N–H and O–H groups in total. The van der Waals surface area contributed by atoms with Crippen molar-refractivity contribution in [2.75, 3.05) is 18.0 Å². The van der Waals surface area contributed by atoms with Crippen LogP contribution in [-0.4, -0.2) is 36.0 Å². The Morgan fingerprint density at radius 2 is 1.68 bits per heavy atom. The third-order valence-electron chi connectivity index (χ3n) is 6.08. The molecule has 5 rings (SSSR count). The second kappa shape index (κ2) is 7.21. The van der Waals surface area contributed by atoms with E-state index in [2.05, 4.69) is 11.0 Å². The van der Waals surface area contributed by atoms with Gasteiger partial charge in [0.05, 0.1) is 5.69 Å². The highest BCUT2D eigenvalue weighted by molar-refractivity contribution is 6.03. The molecule has 2 heterocycles. The average Bonchev–Trinajstić information content (AvgIpc) is 3.55. The molecule has 0 bridgehead atoms. The van der Waals surface area contributed by atoms with Crippen molar-refractivity contribution in [3.05, 3.63) is 53.8 Å². The number of aryl methyl sites for hydroxylation is 1. The summed E-state index contributed by atoms with van der Waals surface area (Å²) >= 11 is 0. The number of piperidine rings is 1. The van der Waals surface area contributed by atoms with Gasteiger partial charge in [-0.05, 0) is 80.1 Å². The quantitative estimate of drug-likeness (QED) is 0.786. The van der Waals surface area contributed by atoms with Gasteiger partial charge >= 0.3 is 0 Å². The van der Waals surface area contributed by atoms with Crippen LogP contribution in [0, 0.1) is 5.82 Å². The summed E-state index contributed by atoms with van der Waals surface area (Å²) in [5.41, 5.74) is 2.68. The van der Waals surface area contributed by atoms with Gasteiger partial charge in [0.1, 0.15) is 17.7 Å². The van der Waals surface area contributed by atoms with Gasteiger partial charge in [0.15, 0.2) is 0 Å². The number of fused-ring (bicyclic) bond motifs is 1. The number of benzene rings is 2. The third-order valence-corrected chi connectivity index (χ3v) is 6.08. The van der Waals surface area contributed by atoms with Crippen LogP contribution in [0.3, 0.4) is 0 Å². The fourth-order valence-electron chi connectivity index (χ4n) is 4.41. The summed E-state index contributed by atoms with van der Waals surface area (Å²) in [6, 6.07) is 12.9. The molecule has 0 spiro atoms. The lowest BCUT2D eigenvalue weighted by atomic mass is 10.00. The number of carbonyl (C=O) groups is 1. The highest BCUT2D eigenvalue weighted by atomic mass is 19.1. The largest absolute Gasteiger partial charge is 0.490 e. The van der Waals surface area contributed by atoms with Gasteiger partial charge in [0, 0.05) is 31.2 Å². The number of nitrogens with zero attached hydrogens (tertiary/aromatic N) is 2. The van der Waals surface area contributed by atoms with E-state index in [-0.39, 0.29) is 17.8 Å². The normalized spacial score (nSPS) is 20.9. The molecule has 2 aromatic carbocycles. The van der Waals surface area contributed by atoms with Gasteiger partial charge in [-0.3, -0.25) is 9.69 Å². The Labute approximate surface area is 164 Å². The summed E-state index contributed by atoms with van der Waals surface area (Å²) in [6.45, 7) is 2.26. The molecule has 2 aromatic rings. The molecule has 3 aliphatic rings. The van der Waals surface area contributed by atoms with E-state index in [1.807, 2.05) is 12.1 Å². The van der Waals surface area contributed by atoms with Crippen molar-refractivity contribution in [1.29, 1.82) is 0 Å². The van der Waals surface area contributed by atoms with Gasteiger partial charge in [-0.1, -0.05) is 0 Å². The Bertz CT molecular complexity index is 871. The van der Waals surface area contributed by atoms with Crippen molar-refractivity contribution >= 4 is 17.3 Å². The lowest BCUT2D eigenvalue weighted by Gasteiger charge is -2.33. The van der Waals surface area contributed by atoms with Crippen molar-refractivity contribution in [2.24, 2.45) is 0 Å². The van der Waals surface area contributed by atoms with E-state index in [9.17, 15) is 9.18 Å². The zero-order chi connectivity index (χ0) is 19.1. The van der Waals surface area contributed by atoms with Crippen LogP contribution in [0.5, 0.6) is 5.75 Å². The number of rotatable bonds is 4. The van der Waals surface area contributed by atoms with Gasteiger partial charge in [-0.2, -0.15) is 0 Å². The Balaban J connectivity index is 1.32. The van der Waals surface area contributed by atoms with E-state index in [0.29, 0.717) is 18.5 Å². The standard InChI is InChI=1S/C23H25FN2O2/c24-17-2-4-19(5-3-17)26-22-9-8-21(15-16(22)1-10-23(26)27)28-20-11-13-25(14-12-20)18-6-7-18/h2-5,8-9,15,18,20H,1,6-7,10-14H2. The molecule has 2 fully saturated rings. The highest BCUT2D eigenvalue weighted by Gasteiger charge is 2.32. The summed E-state index contributed by atoms with van der Waals surface area (Å²) < 4.78 is 19.5. The molecule has 0 aromatic heterocycles. The topological polar surface area (TPSA) is 32.8 Å². The first-order chi connectivity index (χ1) is 13.7. The molecule has 146 valence electrons. The predicted octanol–water partition coefficient (Wildman–Crippen LogP) is 4.44. The lowest BCUT2D eigenvalue weighted by Crippen LogP contribution is -2.39. The minimum atomic E-state index is -0.301. The zero-order valence-electron chi connectivity index (χ0n) is 15.9. The Morgan fingerprint density at radius 1 is 0.929 bits per heavy atom. The van der Waals surface area contributed by atoms with Crippen LogP contribution in [0.4, 0.5) is 15.8 Å². The number of likely N-dealkylation sites (tertiary alicyclic amines) is 1. The van der Waals surface area contributed by atoms with Gasteiger partial charge in [-0.25, -0.2) is 4.39 Å². The lowest BCUT2D eigenvalue weighted by molar-refractivity contribution is -0.118. The maximum Gasteiger partial charge on any atom is 0.231 e. The van der Waals surface area contributed by atoms with Crippen molar-refractivity contribution in [2.45, 2.75) is 50.7 Å². The number of halogens is 1. The van der Waals surface area contributed by atoms with Crippen LogP contribution < -0.4 is 9.64 Å². The van der Waals surface area contributed by atoms with Crippen molar-refractivity contribution in [3.8, 4) is 5.75 Å². The van der Waals surface area contributed by atoms with E-state index < -0.39 is 0 Å². The van der Waals surface area contributed by atoms with Crippen molar-refractivity contribution in [1.82, 2.24) is 4.90 Å². The van der Waals surface area contributed by atoms with Crippen molar-refractivity contribution in [3.63, 3.8) is 0 Å². The van der Waals surface area contributed by atoms with E-state index in [1.54, 1.807) is 17.0 Å². The number of hydrogen-bond acceptors (Lipinski definition) is 3. The van der Waals surface area contributed by atoms with Crippen LogP contribution in [-0.2, 0) is 11.2 Å². The second-order valence-electron chi connectivity index (χ2n) is 8.08. The maximum atomic E-state index is 13.3. The minimum Gasteiger partial charge on any atom is -0.490 e. The molecule has 5 heteroatoms. The van der Waals surface area contributed by atoms with Gasteiger partial charge < -0.3 is 9.64 Å². The van der Waals surface area contributed by atoms with Crippen LogP contribution in [0.1, 0.15) is 37.7 Å². The molecule has 1 aliphatic carbocycles. The van der Waals surface area contributed by atoms with Crippen LogP contribution in [0.25, 0.3) is 0 Å². The van der Waals surface area contributed by atoms with Gasteiger partial charge in [0.2, 0.25) is 5.91 Å². The first-order valence-corrected chi connectivity index (χ1v) is 10.3. The summed E-state index contributed by atoms with van der Waals surface area (Å²) in [6.07, 6.45) is 6.31. The first-order valence-electron chi connectivity index (χ1n) is 10.3. The molecule has 2 aliphatic heterocycles. The molecule has 28 heavy (non-hydrogen) atoms. The minimum absolute atomic E-state index is 0.0419. The highest BCUT2D eigenvalue weighted by Crippen LogP contribution is 2.37. The van der Waals surface area contributed by atoms with Gasteiger partial charge in [-0.15, -0.1) is 0 Å². The molecule has 1 saturated carbocycles. The summed E-state index contributed by atoms with van der Waals surface area (Å²) in [5.74, 6) is 0.627. The van der Waals surface area contributed by atoms with Crippen LogP contribution >= 0.6 is 0 Å². The van der Waals surface area contributed by atoms with Crippen LogP contribution in [0.2, 0.25) is 0 Å². The molecule has 0 unspecified atom stereocenters. The number of amides is 1. The molecule has 0 atom stereocenters. The van der Waals surface area contributed by atoms with Crippen molar-refractivity contribution < 1.29 is 13.9 Å². The number of ether oxygens (including phenoxy) is 1. The zero-order valence-corrected chi connectivity index (χ0v) is 15.9. The molecular formula is C23H25FN2O2. The second-order valence-corrected chi connectivity index (χ2v) is 8.08. The van der Waals surface area contributed by atoms with E-state index in [4.69, 9.17) is 4.74 Å². The fourth-order valence-corrected chi connectivity index (χ4v) is 4.41. The smallest absolute Gasteiger partial charge is 0.231 e. The SMILES string of the molecule is O=C1CCc2cc(OC3CCN(C4CC4)CC3)ccc2N1c1ccc(F)cc1. The molecule has 4 nitrogen and oxygen atoms in total. The fraction of sp³-hybridized carbons (Fsp3) is 0.435. The number of carbonyl (C=O) groups excluding carboxylic acids is 1. The molecule has 1 saturated heterocycles. The molecule has 0 radical (unpaired) electrons. The Hall–Kier alpha value is -2.40. The average molecular weight is 380 g/mol. The van der Waals surface area contributed by atoms with E-state index in [0.717, 1.165) is 49.0 Å². The summed E-state index contributed by atoms with van der Waals surface area (Å²) in [7, 11) is 0. The van der Waals surface area contributed by atoms with Gasteiger partial charge in [0.25, 0.3) is 0 Å². The summed E-state index contributed by atoms with van der Waals surface area (Å²) in [4.78, 5) is 16.8. The van der Waals surface area contributed by atoms with E-state index >= 15 is 0 Å². The Kier molecular flexibility index (Phi) is 4.55. The first kappa shape index (κ1) is 17.7. The Morgan fingerprint density at radius 3 is 2.39 bits per heavy atom. The predicted molar refractivity (Wildman–Crippen MR) is 107 cm³/mol. The van der Waals surface area contributed by atoms with E-state index in [1.165, 1.54) is 25.0 Å². The maximum absolute atomic E-state index is 13.3. The number of anilines is 2.